The summed E-state index contributed by atoms with van der Waals surface area (Å²) in [6, 6.07) is -0.561. The molecule has 0 aromatic rings. The molecular formula is C59H113NO5. The number of unbranched alkanes of at least 4 members (excludes halogenated alkanes) is 39. The van der Waals surface area contributed by atoms with Crippen molar-refractivity contribution < 1.29 is 24.5 Å². The Morgan fingerprint density at radius 1 is 0.415 bits per heavy atom. The van der Waals surface area contributed by atoms with Crippen molar-refractivity contribution in [3.05, 3.63) is 24.3 Å². The van der Waals surface area contributed by atoms with Gasteiger partial charge in [-0.3, -0.25) is 9.59 Å². The minimum Gasteiger partial charge on any atom is -0.466 e. The topological polar surface area (TPSA) is 95.9 Å². The van der Waals surface area contributed by atoms with Crippen LogP contribution in [0.2, 0.25) is 0 Å². The zero-order valence-electron chi connectivity index (χ0n) is 43.7. The Morgan fingerprint density at radius 3 is 1.09 bits per heavy atom. The molecule has 0 saturated carbocycles. The van der Waals surface area contributed by atoms with E-state index in [4.69, 9.17) is 4.74 Å². The third-order valence-electron chi connectivity index (χ3n) is 13.5. The number of hydrogen-bond donors (Lipinski definition) is 3. The third kappa shape index (κ3) is 51.6. The molecule has 0 aliphatic rings. The van der Waals surface area contributed by atoms with Crippen molar-refractivity contribution in [2.24, 2.45) is 0 Å². The SMILES string of the molecule is CCCCCCCC/C=C\CCCCCCCC(=O)OCCCCC/C=C\CCCCCCCC(=O)NC(CO)C(O)CCCCCCCCCCCCCCCCCCCCCCC. The van der Waals surface area contributed by atoms with Crippen LogP contribution in [0, 0.1) is 0 Å². The first-order valence-corrected chi connectivity index (χ1v) is 29.1. The maximum absolute atomic E-state index is 12.5. The molecule has 0 rings (SSSR count). The lowest BCUT2D eigenvalue weighted by atomic mass is 10.0. The summed E-state index contributed by atoms with van der Waals surface area (Å²) in [5.74, 6) is -0.0886. The van der Waals surface area contributed by atoms with Crippen molar-refractivity contribution in [2.75, 3.05) is 13.2 Å². The van der Waals surface area contributed by atoms with Crippen LogP contribution in [-0.2, 0) is 14.3 Å². The Kier molecular flexibility index (Phi) is 53.5. The summed E-state index contributed by atoms with van der Waals surface area (Å²) >= 11 is 0. The van der Waals surface area contributed by atoms with Gasteiger partial charge in [0, 0.05) is 12.8 Å². The maximum atomic E-state index is 12.5. The molecule has 65 heavy (non-hydrogen) atoms. The normalized spacial score (nSPS) is 12.7. The number of aliphatic hydroxyl groups excluding tert-OH is 2. The van der Waals surface area contributed by atoms with Gasteiger partial charge >= 0.3 is 5.97 Å². The predicted octanol–water partition coefficient (Wildman–Crippen LogP) is 17.9. The Bertz CT molecular complexity index is 1010. The molecule has 0 aliphatic heterocycles. The average Bonchev–Trinajstić information content (AvgIpc) is 3.31. The minimum absolute atomic E-state index is 0.0300. The molecule has 0 bridgehead atoms. The van der Waals surface area contributed by atoms with Crippen molar-refractivity contribution in [3.8, 4) is 0 Å². The average molecular weight is 917 g/mol. The Morgan fingerprint density at radius 2 is 0.723 bits per heavy atom. The van der Waals surface area contributed by atoms with E-state index in [1.54, 1.807) is 0 Å². The van der Waals surface area contributed by atoms with E-state index in [-0.39, 0.29) is 18.5 Å². The number of aliphatic hydroxyl groups is 2. The fourth-order valence-corrected chi connectivity index (χ4v) is 8.98. The highest BCUT2D eigenvalue weighted by atomic mass is 16.5. The van der Waals surface area contributed by atoms with Gasteiger partial charge in [-0.25, -0.2) is 0 Å². The molecule has 1 amide bonds. The zero-order chi connectivity index (χ0) is 47.2. The lowest BCUT2D eigenvalue weighted by molar-refractivity contribution is -0.143. The van der Waals surface area contributed by atoms with Gasteiger partial charge in [0.15, 0.2) is 0 Å². The summed E-state index contributed by atoms with van der Waals surface area (Å²) < 4.78 is 5.45. The molecule has 6 nitrogen and oxygen atoms in total. The monoisotopic (exact) mass is 916 g/mol. The number of amides is 1. The number of hydrogen-bond acceptors (Lipinski definition) is 5. The van der Waals surface area contributed by atoms with Crippen LogP contribution in [0.5, 0.6) is 0 Å². The molecule has 0 radical (unpaired) electrons. The molecule has 0 fully saturated rings. The van der Waals surface area contributed by atoms with Crippen LogP contribution in [0.25, 0.3) is 0 Å². The number of nitrogens with one attached hydrogen (secondary N) is 1. The van der Waals surface area contributed by atoms with Crippen molar-refractivity contribution in [1.29, 1.82) is 0 Å². The Labute approximate surface area is 405 Å². The largest absolute Gasteiger partial charge is 0.466 e. The fraction of sp³-hybridized carbons (Fsp3) is 0.898. The van der Waals surface area contributed by atoms with Crippen LogP contribution < -0.4 is 5.32 Å². The lowest BCUT2D eigenvalue weighted by Crippen LogP contribution is -2.45. The summed E-state index contributed by atoms with van der Waals surface area (Å²) in [7, 11) is 0. The van der Waals surface area contributed by atoms with Crippen molar-refractivity contribution in [2.45, 2.75) is 328 Å². The van der Waals surface area contributed by atoms with E-state index >= 15 is 0 Å². The number of rotatable bonds is 54. The van der Waals surface area contributed by atoms with Crippen molar-refractivity contribution in [3.63, 3.8) is 0 Å². The molecule has 0 aromatic carbocycles. The van der Waals surface area contributed by atoms with Gasteiger partial charge in [0.05, 0.1) is 25.4 Å². The number of ether oxygens (including phenoxy) is 1. The summed E-state index contributed by atoms with van der Waals surface area (Å²) in [5.41, 5.74) is 0. The van der Waals surface area contributed by atoms with Gasteiger partial charge in [-0.15, -0.1) is 0 Å². The summed E-state index contributed by atoms with van der Waals surface area (Å²) in [4.78, 5) is 24.5. The van der Waals surface area contributed by atoms with Gasteiger partial charge < -0.3 is 20.3 Å². The van der Waals surface area contributed by atoms with Crippen LogP contribution in [0.4, 0.5) is 0 Å². The van der Waals surface area contributed by atoms with Gasteiger partial charge in [0.2, 0.25) is 5.91 Å². The molecule has 2 unspecified atom stereocenters. The molecule has 2 atom stereocenters. The van der Waals surface area contributed by atoms with Crippen LogP contribution in [-0.4, -0.2) is 47.4 Å². The first-order valence-electron chi connectivity index (χ1n) is 29.1. The van der Waals surface area contributed by atoms with Crippen LogP contribution in [0.3, 0.4) is 0 Å². The Balaban J connectivity index is 3.50. The second kappa shape index (κ2) is 54.9. The molecule has 0 saturated heterocycles. The summed E-state index contributed by atoms with van der Waals surface area (Å²) in [6.45, 7) is 4.90. The molecule has 0 aliphatic carbocycles. The smallest absolute Gasteiger partial charge is 0.305 e. The van der Waals surface area contributed by atoms with Gasteiger partial charge in [0.1, 0.15) is 0 Å². The van der Waals surface area contributed by atoms with E-state index in [1.165, 1.54) is 205 Å². The van der Waals surface area contributed by atoms with Crippen molar-refractivity contribution >= 4 is 11.9 Å². The Hall–Kier alpha value is -1.66. The van der Waals surface area contributed by atoms with E-state index < -0.39 is 12.1 Å². The van der Waals surface area contributed by atoms with Crippen LogP contribution in [0.1, 0.15) is 316 Å². The highest BCUT2D eigenvalue weighted by Gasteiger charge is 2.20. The van der Waals surface area contributed by atoms with Crippen LogP contribution in [0.15, 0.2) is 24.3 Å². The number of esters is 1. The predicted molar refractivity (Wildman–Crippen MR) is 283 cm³/mol. The quantitative estimate of drug-likeness (QED) is 0.0321. The molecule has 384 valence electrons. The third-order valence-corrected chi connectivity index (χ3v) is 13.5. The molecule has 3 N–H and O–H groups in total. The highest BCUT2D eigenvalue weighted by molar-refractivity contribution is 5.76. The van der Waals surface area contributed by atoms with Crippen molar-refractivity contribution in [1.82, 2.24) is 5.32 Å². The van der Waals surface area contributed by atoms with E-state index in [0.29, 0.717) is 25.9 Å². The first-order chi connectivity index (χ1) is 32.0. The minimum atomic E-state index is -0.681. The van der Waals surface area contributed by atoms with E-state index in [2.05, 4.69) is 43.5 Å². The standard InChI is InChI=1S/C59H113NO5/c1-3-5-7-9-11-13-15-17-19-20-21-22-23-24-26-27-31-35-39-43-47-51-57(62)56(55-61)60-58(63)52-48-44-40-36-32-29-30-34-38-42-46-50-54-65-59(64)53-49-45-41-37-33-28-25-18-16-14-12-10-8-6-4-2/h18,25,30,34,56-57,61-62H,3-17,19-24,26-29,31-33,35-55H2,1-2H3,(H,60,63)/b25-18-,34-30-. The van der Waals surface area contributed by atoms with Gasteiger partial charge in [-0.1, -0.05) is 244 Å². The van der Waals surface area contributed by atoms with Crippen LogP contribution >= 0.6 is 0 Å². The summed E-state index contributed by atoms with van der Waals surface area (Å²) in [5, 5.41) is 23.3. The van der Waals surface area contributed by atoms with E-state index in [9.17, 15) is 19.8 Å². The van der Waals surface area contributed by atoms with Gasteiger partial charge in [-0.2, -0.15) is 0 Å². The molecule has 0 spiro atoms. The molecule has 0 aromatic heterocycles. The summed E-state index contributed by atoms with van der Waals surface area (Å²) in [6.07, 6.45) is 65.9. The highest BCUT2D eigenvalue weighted by Crippen LogP contribution is 2.17. The molecular weight excluding hydrogens is 803 g/mol. The molecule has 6 heteroatoms. The number of carbonyl (C=O) groups is 2. The first kappa shape index (κ1) is 63.3. The fourth-order valence-electron chi connectivity index (χ4n) is 8.98. The number of allylic oxidation sites excluding steroid dienone is 4. The molecule has 0 heterocycles. The second-order valence-electron chi connectivity index (χ2n) is 20.0. The number of carbonyl (C=O) groups excluding carboxylic acids is 2. The van der Waals surface area contributed by atoms with E-state index in [1.807, 2.05) is 0 Å². The van der Waals surface area contributed by atoms with Gasteiger partial charge in [-0.05, 0) is 83.5 Å². The lowest BCUT2D eigenvalue weighted by Gasteiger charge is -2.22. The second-order valence-corrected chi connectivity index (χ2v) is 20.0. The van der Waals surface area contributed by atoms with Gasteiger partial charge in [0.25, 0.3) is 0 Å². The van der Waals surface area contributed by atoms with E-state index in [0.717, 1.165) is 77.0 Å². The maximum Gasteiger partial charge on any atom is 0.305 e. The zero-order valence-corrected chi connectivity index (χ0v) is 43.7.